The second kappa shape index (κ2) is 10.3. The van der Waals surface area contributed by atoms with Gasteiger partial charge in [0.05, 0.1) is 10.0 Å². The van der Waals surface area contributed by atoms with Crippen molar-refractivity contribution in [2.24, 2.45) is 5.73 Å². The highest BCUT2D eigenvalue weighted by atomic mass is 35.5. The van der Waals surface area contributed by atoms with Crippen LogP contribution in [0.3, 0.4) is 0 Å². The van der Waals surface area contributed by atoms with E-state index in [2.05, 4.69) is 21.4 Å². The lowest BCUT2D eigenvalue weighted by Crippen LogP contribution is -2.35. The van der Waals surface area contributed by atoms with Gasteiger partial charge in [0.2, 0.25) is 5.91 Å². The molecule has 0 radical (unpaired) electrons. The Kier molecular flexibility index (Phi) is 7.58. The number of aryl methyl sites for hydroxylation is 2. The second-order valence-electron chi connectivity index (χ2n) is 6.69. The summed E-state index contributed by atoms with van der Waals surface area (Å²) in [5.41, 5.74) is 9.71. The van der Waals surface area contributed by atoms with Gasteiger partial charge >= 0.3 is 0 Å². The topological polar surface area (TPSA) is 80.9 Å². The molecule has 2 heterocycles. The summed E-state index contributed by atoms with van der Waals surface area (Å²) in [5.74, 6) is -0.499. The maximum absolute atomic E-state index is 12.0. The minimum Gasteiger partial charge on any atom is -0.368 e. The standard InChI is InChI=1S/C22H22Cl2N4O/c23-19-5-1-4-18(20(19)24)21(22(25)29)28-12-9-16-8-11-27-14-17(16)7-6-15-3-2-10-26-13-15/h1-5,8,10-11,13-14,21,28H,6-7,9,12H2,(H2,25,29). The zero-order valence-electron chi connectivity index (χ0n) is 15.8. The minimum absolute atomic E-state index is 0.339. The molecule has 0 bridgehead atoms. The van der Waals surface area contributed by atoms with Crippen LogP contribution in [-0.4, -0.2) is 22.4 Å². The first kappa shape index (κ1) is 21.2. The van der Waals surface area contributed by atoms with Crippen molar-refractivity contribution in [2.75, 3.05) is 6.54 Å². The van der Waals surface area contributed by atoms with Crippen molar-refractivity contribution in [3.05, 3.63) is 93.5 Å². The Bertz CT molecular complexity index is 966. The van der Waals surface area contributed by atoms with Crippen molar-refractivity contribution in [1.29, 1.82) is 0 Å². The van der Waals surface area contributed by atoms with Gasteiger partial charge in [-0.3, -0.25) is 14.8 Å². The number of amides is 1. The van der Waals surface area contributed by atoms with Crippen LogP contribution in [0.5, 0.6) is 0 Å². The van der Waals surface area contributed by atoms with Crippen LogP contribution in [0.2, 0.25) is 10.0 Å². The molecule has 0 fully saturated rings. The van der Waals surface area contributed by atoms with E-state index in [1.165, 1.54) is 16.7 Å². The number of carbonyl (C=O) groups excluding carboxylic acids is 1. The Morgan fingerprint density at radius 2 is 1.79 bits per heavy atom. The largest absolute Gasteiger partial charge is 0.368 e. The first-order valence-electron chi connectivity index (χ1n) is 9.33. The third-order valence-corrected chi connectivity index (χ3v) is 5.56. The molecule has 0 spiro atoms. The molecule has 1 atom stereocenters. The van der Waals surface area contributed by atoms with Gasteiger partial charge in [0.1, 0.15) is 6.04 Å². The molecule has 7 heteroatoms. The maximum Gasteiger partial charge on any atom is 0.239 e. The van der Waals surface area contributed by atoms with Gasteiger partial charge in [0.25, 0.3) is 0 Å². The number of primary amides is 1. The van der Waals surface area contributed by atoms with E-state index in [0.717, 1.165) is 19.3 Å². The Morgan fingerprint density at radius 3 is 2.55 bits per heavy atom. The zero-order valence-corrected chi connectivity index (χ0v) is 17.3. The predicted octanol–water partition coefficient (Wildman–Crippen LogP) is 3.93. The minimum atomic E-state index is -0.707. The molecule has 0 aliphatic rings. The Labute approximate surface area is 180 Å². The number of nitrogens with zero attached hydrogens (tertiary/aromatic N) is 2. The molecular weight excluding hydrogens is 407 g/mol. The molecule has 0 aliphatic carbocycles. The Hall–Kier alpha value is -2.47. The highest BCUT2D eigenvalue weighted by Crippen LogP contribution is 2.29. The lowest BCUT2D eigenvalue weighted by molar-refractivity contribution is -0.120. The molecule has 1 amide bonds. The van der Waals surface area contributed by atoms with E-state index in [0.29, 0.717) is 22.2 Å². The fourth-order valence-electron chi connectivity index (χ4n) is 3.21. The van der Waals surface area contributed by atoms with Gasteiger partial charge in [-0.05, 0) is 59.7 Å². The quantitative estimate of drug-likeness (QED) is 0.540. The number of aromatic nitrogens is 2. The Morgan fingerprint density at radius 1 is 0.966 bits per heavy atom. The van der Waals surface area contributed by atoms with Gasteiger partial charge in [0, 0.05) is 31.3 Å². The van der Waals surface area contributed by atoms with Crippen LogP contribution in [0, 0.1) is 0 Å². The molecule has 5 nitrogen and oxygen atoms in total. The molecule has 0 saturated heterocycles. The molecule has 29 heavy (non-hydrogen) atoms. The van der Waals surface area contributed by atoms with Crippen molar-refractivity contribution in [1.82, 2.24) is 15.3 Å². The van der Waals surface area contributed by atoms with E-state index in [4.69, 9.17) is 28.9 Å². The highest BCUT2D eigenvalue weighted by molar-refractivity contribution is 6.42. The molecule has 150 valence electrons. The van der Waals surface area contributed by atoms with E-state index in [1.54, 1.807) is 30.6 Å². The molecule has 1 unspecified atom stereocenters. The SMILES string of the molecule is NC(=O)C(NCCc1ccncc1CCc1cccnc1)c1cccc(Cl)c1Cl. The number of benzene rings is 1. The summed E-state index contributed by atoms with van der Waals surface area (Å²) >= 11 is 12.3. The maximum atomic E-state index is 12.0. The third-order valence-electron chi connectivity index (χ3n) is 4.73. The van der Waals surface area contributed by atoms with Crippen molar-refractivity contribution < 1.29 is 4.79 Å². The first-order valence-corrected chi connectivity index (χ1v) is 10.1. The average molecular weight is 429 g/mol. The summed E-state index contributed by atoms with van der Waals surface area (Å²) in [6.07, 6.45) is 9.81. The normalized spacial score (nSPS) is 11.9. The predicted molar refractivity (Wildman–Crippen MR) is 116 cm³/mol. The number of pyridine rings is 2. The molecule has 0 aliphatic heterocycles. The van der Waals surface area contributed by atoms with Crippen molar-refractivity contribution in [3.63, 3.8) is 0 Å². The van der Waals surface area contributed by atoms with Gasteiger partial charge in [-0.15, -0.1) is 0 Å². The number of rotatable bonds is 9. The molecule has 0 saturated carbocycles. The summed E-state index contributed by atoms with van der Waals surface area (Å²) in [5, 5.41) is 3.94. The van der Waals surface area contributed by atoms with Crippen LogP contribution in [-0.2, 0) is 24.1 Å². The van der Waals surface area contributed by atoms with Crippen molar-refractivity contribution in [3.8, 4) is 0 Å². The lowest BCUT2D eigenvalue weighted by Gasteiger charge is -2.18. The zero-order chi connectivity index (χ0) is 20.6. The van der Waals surface area contributed by atoms with Crippen LogP contribution in [0.1, 0.15) is 28.3 Å². The average Bonchev–Trinajstić information content (AvgIpc) is 2.73. The third kappa shape index (κ3) is 5.76. The van der Waals surface area contributed by atoms with Crippen LogP contribution < -0.4 is 11.1 Å². The van der Waals surface area contributed by atoms with Crippen molar-refractivity contribution >= 4 is 29.1 Å². The summed E-state index contributed by atoms with van der Waals surface area (Å²) in [6, 6.07) is 10.5. The van der Waals surface area contributed by atoms with Crippen LogP contribution in [0.25, 0.3) is 0 Å². The van der Waals surface area contributed by atoms with Gasteiger partial charge < -0.3 is 11.1 Å². The summed E-state index contributed by atoms with van der Waals surface area (Å²) < 4.78 is 0. The van der Waals surface area contributed by atoms with Crippen LogP contribution in [0.4, 0.5) is 0 Å². The van der Waals surface area contributed by atoms with Gasteiger partial charge in [-0.2, -0.15) is 0 Å². The fourth-order valence-corrected chi connectivity index (χ4v) is 3.63. The van der Waals surface area contributed by atoms with E-state index >= 15 is 0 Å². The van der Waals surface area contributed by atoms with Gasteiger partial charge in [-0.25, -0.2) is 0 Å². The summed E-state index contributed by atoms with van der Waals surface area (Å²) in [7, 11) is 0. The summed E-state index contributed by atoms with van der Waals surface area (Å²) in [6.45, 7) is 0.556. The fraction of sp³-hybridized carbons (Fsp3) is 0.227. The van der Waals surface area contributed by atoms with E-state index in [9.17, 15) is 4.79 Å². The monoisotopic (exact) mass is 428 g/mol. The Balaban J connectivity index is 1.64. The molecule has 3 rings (SSSR count). The number of hydrogen-bond acceptors (Lipinski definition) is 4. The van der Waals surface area contributed by atoms with E-state index < -0.39 is 11.9 Å². The molecule has 3 N–H and O–H groups in total. The van der Waals surface area contributed by atoms with E-state index in [-0.39, 0.29) is 0 Å². The number of carbonyl (C=O) groups is 1. The number of hydrogen-bond donors (Lipinski definition) is 2. The summed E-state index contributed by atoms with van der Waals surface area (Å²) in [4.78, 5) is 20.4. The molecule has 1 aromatic carbocycles. The molecule has 3 aromatic rings. The molecular formula is C22H22Cl2N4O. The van der Waals surface area contributed by atoms with E-state index in [1.807, 2.05) is 24.5 Å². The smallest absolute Gasteiger partial charge is 0.239 e. The van der Waals surface area contributed by atoms with Crippen molar-refractivity contribution in [2.45, 2.75) is 25.3 Å². The first-order chi connectivity index (χ1) is 14.1. The van der Waals surface area contributed by atoms with Crippen LogP contribution in [0.15, 0.2) is 61.2 Å². The lowest BCUT2D eigenvalue weighted by atomic mass is 10.00. The number of nitrogens with two attached hydrogens (primary N) is 1. The van der Waals surface area contributed by atoms with Gasteiger partial charge in [0.15, 0.2) is 0 Å². The number of nitrogens with one attached hydrogen (secondary N) is 1. The highest BCUT2D eigenvalue weighted by Gasteiger charge is 2.21. The number of halogens is 2. The second-order valence-corrected chi connectivity index (χ2v) is 7.47. The van der Waals surface area contributed by atoms with Gasteiger partial charge in [-0.1, -0.05) is 41.4 Å². The van der Waals surface area contributed by atoms with Crippen LogP contribution >= 0.6 is 23.2 Å². The molecule has 2 aromatic heterocycles.